The third kappa shape index (κ3) is 3.49. The van der Waals surface area contributed by atoms with Crippen LogP contribution in [0, 0.1) is 17.8 Å². The van der Waals surface area contributed by atoms with Crippen molar-refractivity contribution in [2.24, 2.45) is 17.9 Å². The van der Waals surface area contributed by atoms with E-state index in [2.05, 4.69) is 25.7 Å². The third-order valence-electron chi connectivity index (χ3n) is 8.21. The second kappa shape index (κ2) is 7.44. The van der Waals surface area contributed by atoms with Crippen molar-refractivity contribution in [2.45, 2.75) is 59.5 Å². The van der Waals surface area contributed by atoms with Crippen molar-refractivity contribution in [3.63, 3.8) is 0 Å². The van der Waals surface area contributed by atoms with E-state index in [0.717, 1.165) is 24.0 Å². The van der Waals surface area contributed by atoms with Gasteiger partial charge in [-0.2, -0.15) is 0 Å². The lowest BCUT2D eigenvalue weighted by atomic mass is 9.65. The summed E-state index contributed by atoms with van der Waals surface area (Å²) in [5, 5.41) is 11.4. The number of phenols is 1. The Balaban J connectivity index is 1.46. The molecule has 1 N–H and O–H groups in total. The summed E-state index contributed by atoms with van der Waals surface area (Å²) in [5.41, 5.74) is 3.95. The van der Waals surface area contributed by atoms with Crippen molar-refractivity contribution in [2.75, 3.05) is 6.54 Å². The van der Waals surface area contributed by atoms with Crippen LogP contribution in [-0.4, -0.2) is 32.1 Å². The SMILES string of the molecule is Cc1oc2c(CN3CC4(C)CC3CC(C)(C)C4)c(O)ccc2c(=O)c1-c1nc2ccccc2n1C. The maximum atomic E-state index is 13.8. The van der Waals surface area contributed by atoms with Crippen LogP contribution in [0.2, 0.25) is 0 Å². The molecule has 2 aromatic heterocycles. The smallest absolute Gasteiger partial charge is 0.203 e. The van der Waals surface area contributed by atoms with Crippen molar-refractivity contribution in [3.05, 3.63) is 57.9 Å². The summed E-state index contributed by atoms with van der Waals surface area (Å²) < 4.78 is 8.28. The van der Waals surface area contributed by atoms with Crippen LogP contribution in [0.15, 0.2) is 45.6 Å². The standard InChI is InChI=1S/C29H33N3O3/c1-17-24(27-30-21-8-6-7-9-22(21)31(27)5)25(34)19-10-11-23(33)20(26(19)35-17)14-32-16-29(4)13-18(32)12-28(2,3)15-29/h6-11,18,33H,12-16H2,1-5H3. The molecule has 0 radical (unpaired) electrons. The molecule has 1 aliphatic carbocycles. The Hall–Kier alpha value is -3.12. The Morgan fingerprint density at radius 3 is 2.69 bits per heavy atom. The summed E-state index contributed by atoms with van der Waals surface area (Å²) in [6.45, 7) is 10.5. The van der Waals surface area contributed by atoms with Crippen molar-refractivity contribution < 1.29 is 9.52 Å². The fourth-order valence-corrected chi connectivity index (χ4v) is 7.16. The number of nitrogens with zero attached hydrogens (tertiary/aromatic N) is 3. The van der Waals surface area contributed by atoms with Crippen molar-refractivity contribution in [3.8, 4) is 17.1 Å². The van der Waals surface area contributed by atoms with Crippen LogP contribution in [0.25, 0.3) is 33.4 Å². The van der Waals surface area contributed by atoms with E-state index in [1.54, 1.807) is 12.1 Å². The predicted molar refractivity (Wildman–Crippen MR) is 139 cm³/mol. The summed E-state index contributed by atoms with van der Waals surface area (Å²) >= 11 is 0. The van der Waals surface area contributed by atoms with E-state index in [4.69, 9.17) is 9.40 Å². The molecule has 2 unspecified atom stereocenters. The zero-order chi connectivity index (χ0) is 24.7. The van der Waals surface area contributed by atoms with Gasteiger partial charge < -0.3 is 14.1 Å². The quantitative estimate of drug-likeness (QED) is 0.411. The summed E-state index contributed by atoms with van der Waals surface area (Å²) in [6, 6.07) is 11.6. The highest BCUT2D eigenvalue weighted by Gasteiger charge is 2.49. The fourth-order valence-electron chi connectivity index (χ4n) is 7.16. The first-order valence-corrected chi connectivity index (χ1v) is 12.5. The second-order valence-electron chi connectivity index (χ2n) is 11.9. The number of phenolic OH excluding ortho intramolecular Hbond substituents is 1. The molecule has 6 heteroatoms. The molecule has 6 nitrogen and oxygen atoms in total. The number of rotatable bonds is 3. The van der Waals surface area contributed by atoms with Crippen molar-refractivity contribution in [1.29, 1.82) is 0 Å². The number of imidazole rings is 1. The monoisotopic (exact) mass is 471 g/mol. The largest absolute Gasteiger partial charge is 0.507 e. The van der Waals surface area contributed by atoms with Crippen LogP contribution in [0.4, 0.5) is 0 Å². The summed E-state index contributed by atoms with van der Waals surface area (Å²) in [5.74, 6) is 1.29. The molecule has 2 aromatic carbocycles. The maximum Gasteiger partial charge on any atom is 0.203 e. The molecule has 0 spiro atoms. The molecule has 2 atom stereocenters. The third-order valence-corrected chi connectivity index (χ3v) is 8.21. The molecule has 2 aliphatic rings. The topological polar surface area (TPSA) is 71.5 Å². The molecule has 1 aliphatic heterocycles. The maximum absolute atomic E-state index is 13.8. The Morgan fingerprint density at radius 1 is 1.14 bits per heavy atom. The highest BCUT2D eigenvalue weighted by molar-refractivity contribution is 5.87. The van der Waals surface area contributed by atoms with Gasteiger partial charge in [-0.1, -0.05) is 32.9 Å². The van der Waals surface area contributed by atoms with Crippen LogP contribution >= 0.6 is 0 Å². The number of hydrogen-bond acceptors (Lipinski definition) is 5. The molecule has 182 valence electrons. The van der Waals surface area contributed by atoms with Gasteiger partial charge in [0, 0.05) is 26.2 Å². The van der Waals surface area contributed by atoms with E-state index < -0.39 is 0 Å². The van der Waals surface area contributed by atoms with Gasteiger partial charge in [0.05, 0.1) is 22.0 Å². The molecule has 4 aromatic rings. The fraction of sp³-hybridized carbons (Fsp3) is 0.448. The van der Waals surface area contributed by atoms with E-state index in [9.17, 15) is 9.90 Å². The van der Waals surface area contributed by atoms with E-state index in [1.165, 1.54) is 12.8 Å². The number of aromatic hydroxyl groups is 1. The minimum absolute atomic E-state index is 0.114. The number of fused-ring (bicyclic) bond motifs is 4. The molecule has 2 fully saturated rings. The first-order chi connectivity index (χ1) is 16.6. The molecule has 2 bridgehead atoms. The van der Waals surface area contributed by atoms with Gasteiger partial charge in [0.1, 0.15) is 28.5 Å². The number of aromatic nitrogens is 2. The lowest BCUT2D eigenvalue weighted by Gasteiger charge is -2.40. The van der Waals surface area contributed by atoms with Crippen LogP contribution in [0.5, 0.6) is 5.75 Å². The molecule has 35 heavy (non-hydrogen) atoms. The number of likely N-dealkylation sites (tertiary alicyclic amines) is 1. The lowest BCUT2D eigenvalue weighted by molar-refractivity contribution is 0.126. The highest BCUT2D eigenvalue weighted by Crippen LogP contribution is 2.53. The Morgan fingerprint density at radius 2 is 1.91 bits per heavy atom. The van der Waals surface area contributed by atoms with E-state index in [0.29, 0.717) is 51.7 Å². The van der Waals surface area contributed by atoms with Crippen molar-refractivity contribution >= 4 is 22.0 Å². The van der Waals surface area contributed by atoms with Gasteiger partial charge in [0.25, 0.3) is 0 Å². The zero-order valence-corrected chi connectivity index (χ0v) is 21.2. The number of aryl methyl sites for hydroxylation is 2. The van der Waals surface area contributed by atoms with Gasteiger partial charge in [0.15, 0.2) is 0 Å². The minimum atomic E-state index is -0.114. The normalized spacial score (nSPS) is 24.0. The molecule has 1 saturated carbocycles. The van der Waals surface area contributed by atoms with E-state index >= 15 is 0 Å². The number of para-hydroxylation sites is 2. The average Bonchev–Trinajstić information content (AvgIpc) is 3.22. The second-order valence-corrected chi connectivity index (χ2v) is 11.9. The molecule has 0 amide bonds. The van der Waals surface area contributed by atoms with Gasteiger partial charge in [-0.3, -0.25) is 9.69 Å². The number of benzene rings is 2. The van der Waals surface area contributed by atoms with Crippen LogP contribution < -0.4 is 5.43 Å². The van der Waals surface area contributed by atoms with Gasteiger partial charge in [-0.25, -0.2) is 4.98 Å². The number of hydrogen-bond donors (Lipinski definition) is 1. The molecule has 3 heterocycles. The Kier molecular flexibility index (Phi) is 4.75. The average molecular weight is 472 g/mol. The Labute approximate surface area is 205 Å². The highest BCUT2D eigenvalue weighted by atomic mass is 16.3. The van der Waals surface area contributed by atoms with Crippen LogP contribution in [0.3, 0.4) is 0 Å². The summed E-state index contributed by atoms with van der Waals surface area (Å²) in [4.78, 5) is 21.0. The Bertz CT molecular complexity index is 1550. The zero-order valence-electron chi connectivity index (χ0n) is 21.2. The summed E-state index contributed by atoms with van der Waals surface area (Å²) in [6.07, 6.45) is 3.54. The summed E-state index contributed by atoms with van der Waals surface area (Å²) in [7, 11) is 1.92. The van der Waals surface area contributed by atoms with Crippen LogP contribution in [0.1, 0.15) is 51.4 Å². The lowest BCUT2D eigenvalue weighted by Crippen LogP contribution is -2.34. The molecular formula is C29H33N3O3. The molecular weight excluding hydrogens is 438 g/mol. The van der Waals surface area contributed by atoms with Gasteiger partial charge in [0.2, 0.25) is 5.43 Å². The van der Waals surface area contributed by atoms with Gasteiger partial charge in [-0.05, 0) is 61.3 Å². The van der Waals surface area contributed by atoms with E-state index in [1.807, 2.05) is 42.8 Å². The first kappa shape index (κ1) is 22.4. The van der Waals surface area contributed by atoms with Gasteiger partial charge in [-0.15, -0.1) is 0 Å². The van der Waals surface area contributed by atoms with E-state index in [-0.39, 0.29) is 16.6 Å². The first-order valence-electron chi connectivity index (χ1n) is 12.5. The minimum Gasteiger partial charge on any atom is -0.507 e. The predicted octanol–water partition coefficient (Wildman–Crippen LogP) is 5.76. The molecule has 6 rings (SSSR count). The molecule has 1 saturated heterocycles. The van der Waals surface area contributed by atoms with Crippen LogP contribution in [-0.2, 0) is 13.6 Å². The van der Waals surface area contributed by atoms with Crippen molar-refractivity contribution in [1.82, 2.24) is 14.5 Å². The van der Waals surface area contributed by atoms with Gasteiger partial charge >= 0.3 is 0 Å².